The molecule has 156 valence electrons. The fourth-order valence-electron chi connectivity index (χ4n) is 4.31. The van der Waals surface area contributed by atoms with Crippen LogP contribution >= 0.6 is 0 Å². The number of rotatable bonds is 16. The average Bonchev–Trinajstić information content (AvgIpc) is 3.06. The molecule has 0 aliphatic carbocycles. The van der Waals surface area contributed by atoms with E-state index in [9.17, 15) is 4.79 Å². The van der Waals surface area contributed by atoms with Crippen LogP contribution in [0.25, 0.3) is 0 Å². The van der Waals surface area contributed by atoms with Crippen LogP contribution in [0.3, 0.4) is 0 Å². The van der Waals surface area contributed by atoms with Gasteiger partial charge in [-0.3, -0.25) is 9.28 Å². The van der Waals surface area contributed by atoms with E-state index in [-0.39, 0.29) is 12.1 Å². The van der Waals surface area contributed by atoms with Gasteiger partial charge in [-0.1, -0.05) is 57.4 Å². The van der Waals surface area contributed by atoms with E-state index in [0.717, 1.165) is 17.4 Å². The predicted octanol–water partition coefficient (Wildman–Crippen LogP) is 5.57. The van der Waals surface area contributed by atoms with Crippen molar-refractivity contribution in [2.45, 2.75) is 110 Å². The third kappa shape index (κ3) is 8.50. The maximum atomic E-state index is 11.5. The minimum absolute atomic E-state index is 0.0493. The molecule has 0 saturated heterocycles. The molecule has 0 fully saturated rings. The lowest BCUT2D eigenvalue weighted by Crippen LogP contribution is -2.62. The normalized spacial score (nSPS) is 22.4. The van der Waals surface area contributed by atoms with Gasteiger partial charge in [0, 0.05) is 20.3 Å². The van der Waals surface area contributed by atoms with Crippen molar-refractivity contribution >= 4 is 5.91 Å². The van der Waals surface area contributed by atoms with Crippen molar-refractivity contribution < 1.29 is 9.28 Å². The lowest BCUT2D eigenvalue weighted by Gasteiger charge is -2.41. The van der Waals surface area contributed by atoms with E-state index in [2.05, 4.69) is 43.5 Å². The molecule has 1 amide bonds. The third-order valence-electron chi connectivity index (χ3n) is 6.04. The first-order chi connectivity index (χ1) is 13.1. The van der Waals surface area contributed by atoms with Gasteiger partial charge >= 0.3 is 0 Å². The molecule has 0 radical (unpaired) electrons. The molecular weight excluding hydrogens is 334 g/mol. The molecule has 0 aromatic carbocycles. The number of carbonyl (C=O) groups is 1. The molecule has 0 bridgehead atoms. The highest BCUT2D eigenvalue weighted by atomic mass is 16.1. The van der Waals surface area contributed by atoms with Crippen molar-refractivity contribution in [2.75, 3.05) is 6.54 Å². The van der Waals surface area contributed by atoms with Crippen molar-refractivity contribution in [1.82, 2.24) is 10.6 Å². The molecule has 1 rings (SSSR count). The first-order valence-corrected chi connectivity index (χ1v) is 11.3. The molecule has 3 unspecified atom stereocenters. The summed E-state index contributed by atoms with van der Waals surface area (Å²) in [6.07, 6.45) is 22.7. The fraction of sp³-hybridized carbons (Fsp3) is 0.783. The van der Waals surface area contributed by atoms with E-state index in [1.165, 1.54) is 70.6 Å². The first kappa shape index (κ1) is 23.7. The summed E-state index contributed by atoms with van der Waals surface area (Å²) in [4.78, 5) is 11.5. The van der Waals surface area contributed by atoms with E-state index in [1.807, 2.05) is 6.08 Å². The number of quaternary nitrogens is 1. The largest absolute Gasteiger partial charge is 0.338 e. The van der Waals surface area contributed by atoms with Crippen LogP contribution in [0.4, 0.5) is 0 Å². The van der Waals surface area contributed by atoms with Gasteiger partial charge in [-0.25, -0.2) is 0 Å². The van der Waals surface area contributed by atoms with Crippen LogP contribution in [0.1, 0.15) is 97.8 Å². The maximum absolute atomic E-state index is 11.5. The maximum Gasteiger partial charge on any atom is 0.221 e. The Bertz CT molecular complexity index is 449. The third-order valence-corrected chi connectivity index (χ3v) is 6.04. The highest BCUT2D eigenvalue weighted by molar-refractivity contribution is 5.72. The number of hydrogen-bond donors (Lipinski definition) is 2. The summed E-state index contributed by atoms with van der Waals surface area (Å²) >= 11 is 0. The Balaban J connectivity index is 2.13. The number of unbranched alkanes of at least 4 members (excludes halogenated alkanes) is 10. The summed E-state index contributed by atoms with van der Waals surface area (Å²) in [6.45, 7) is 10.7. The average molecular weight is 379 g/mol. The Morgan fingerprint density at radius 3 is 2.19 bits per heavy atom. The minimum Gasteiger partial charge on any atom is -0.338 e. The smallest absolute Gasteiger partial charge is 0.221 e. The van der Waals surface area contributed by atoms with Crippen LogP contribution in [0.2, 0.25) is 0 Å². The zero-order valence-corrected chi connectivity index (χ0v) is 18.1. The van der Waals surface area contributed by atoms with Gasteiger partial charge in [-0.05, 0) is 26.2 Å². The molecule has 2 N–H and O–H groups in total. The number of amides is 1. The van der Waals surface area contributed by atoms with Crippen LogP contribution in [-0.4, -0.2) is 29.3 Å². The Kier molecular flexibility index (Phi) is 12.2. The number of allylic oxidation sites excluding steroid dienone is 1. The number of hydrogen-bond acceptors (Lipinski definition) is 2. The summed E-state index contributed by atoms with van der Waals surface area (Å²) in [5, 5.41) is 6.62. The van der Waals surface area contributed by atoms with Crippen molar-refractivity contribution in [3.8, 4) is 0 Å². The molecule has 1 aliphatic heterocycles. The second-order valence-electron chi connectivity index (χ2n) is 8.09. The Labute approximate surface area is 168 Å². The van der Waals surface area contributed by atoms with Gasteiger partial charge in [0.15, 0.2) is 12.3 Å². The van der Waals surface area contributed by atoms with Gasteiger partial charge in [0.2, 0.25) is 5.91 Å². The van der Waals surface area contributed by atoms with E-state index in [4.69, 9.17) is 0 Å². The number of nitrogens with one attached hydrogen (secondary N) is 2. The molecule has 27 heavy (non-hydrogen) atoms. The fourth-order valence-corrected chi connectivity index (χ4v) is 4.31. The van der Waals surface area contributed by atoms with Gasteiger partial charge in [-0.15, -0.1) is 6.58 Å². The van der Waals surface area contributed by atoms with Crippen molar-refractivity contribution in [2.24, 2.45) is 0 Å². The highest BCUT2D eigenvalue weighted by Crippen LogP contribution is 2.26. The number of carbonyl (C=O) groups excluding carboxylic acids is 1. The van der Waals surface area contributed by atoms with Crippen molar-refractivity contribution in [3.05, 3.63) is 25.1 Å². The van der Waals surface area contributed by atoms with E-state index in [0.29, 0.717) is 6.17 Å². The molecule has 1 heterocycles. The molecule has 0 aromatic heterocycles. The quantitative estimate of drug-likeness (QED) is 0.209. The van der Waals surface area contributed by atoms with E-state index >= 15 is 0 Å². The van der Waals surface area contributed by atoms with Gasteiger partial charge < -0.3 is 10.6 Å². The van der Waals surface area contributed by atoms with Gasteiger partial charge in [0.05, 0.1) is 12.7 Å². The second-order valence-corrected chi connectivity index (χ2v) is 8.09. The van der Waals surface area contributed by atoms with Crippen molar-refractivity contribution in [3.63, 3.8) is 0 Å². The monoisotopic (exact) mass is 378 g/mol. The molecule has 4 nitrogen and oxygen atoms in total. The Hall–Kier alpha value is -1.29. The zero-order valence-electron chi connectivity index (χ0n) is 18.1. The lowest BCUT2D eigenvalue weighted by molar-refractivity contribution is -0.923. The molecule has 0 aromatic rings. The number of nitrogens with zero attached hydrogens (tertiary/aromatic N) is 1. The summed E-state index contributed by atoms with van der Waals surface area (Å²) in [5.41, 5.74) is 0. The minimum atomic E-state index is 0.0493. The summed E-state index contributed by atoms with van der Waals surface area (Å²) in [5.74, 6) is 0.0493. The Morgan fingerprint density at radius 1 is 1.11 bits per heavy atom. The molecule has 0 saturated carbocycles. The first-order valence-electron chi connectivity index (χ1n) is 11.3. The molecule has 4 heteroatoms. The van der Waals surface area contributed by atoms with Crippen LogP contribution in [0, 0.1) is 0 Å². The lowest BCUT2D eigenvalue weighted by atomic mass is 10.0. The summed E-state index contributed by atoms with van der Waals surface area (Å²) in [7, 11) is 0. The summed E-state index contributed by atoms with van der Waals surface area (Å²) in [6, 6.07) is 0. The molecule has 0 spiro atoms. The molecular formula is C23H44N3O+. The van der Waals surface area contributed by atoms with Gasteiger partial charge in [-0.2, -0.15) is 0 Å². The molecule has 3 atom stereocenters. The predicted molar refractivity (Wildman–Crippen MR) is 116 cm³/mol. The zero-order chi connectivity index (χ0) is 20.0. The van der Waals surface area contributed by atoms with Crippen LogP contribution in [-0.2, 0) is 4.79 Å². The van der Waals surface area contributed by atoms with Crippen molar-refractivity contribution in [1.29, 1.82) is 0 Å². The SMILES string of the molecule is C=CCCCCCCCCCCCCC1NC=C[N+]1(CC)C(C)NC(C)=O. The topological polar surface area (TPSA) is 41.1 Å². The van der Waals surface area contributed by atoms with Gasteiger partial charge in [0.1, 0.15) is 6.20 Å². The molecule has 1 aliphatic rings. The van der Waals surface area contributed by atoms with Crippen LogP contribution in [0.15, 0.2) is 25.1 Å². The van der Waals surface area contributed by atoms with Crippen LogP contribution in [0.5, 0.6) is 0 Å². The highest BCUT2D eigenvalue weighted by Gasteiger charge is 2.41. The van der Waals surface area contributed by atoms with Crippen LogP contribution < -0.4 is 10.6 Å². The second kappa shape index (κ2) is 13.8. The Morgan fingerprint density at radius 2 is 1.67 bits per heavy atom. The summed E-state index contributed by atoms with van der Waals surface area (Å²) < 4.78 is 0.811. The van der Waals surface area contributed by atoms with E-state index in [1.54, 1.807) is 6.92 Å². The standard InChI is InChI=1S/C23H43N3O/c1-5-7-8-9-10-11-12-13-14-15-16-17-18-23-24-19-20-26(23,6-2)21(3)25-22(4)27/h5,19-21,23-24H,1,6-18H2,2-4H3/p+1. The van der Waals surface area contributed by atoms with E-state index < -0.39 is 0 Å². The van der Waals surface area contributed by atoms with Gasteiger partial charge in [0.25, 0.3) is 0 Å².